The monoisotopic (exact) mass is 301 g/mol. The lowest BCUT2D eigenvalue weighted by Crippen LogP contribution is -2.49. The van der Waals surface area contributed by atoms with Crippen LogP contribution in [-0.4, -0.2) is 28.5 Å². The van der Waals surface area contributed by atoms with Crippen LogP contribution < -0.4 is 5.73 Å². The number of aliphatic hydroxyl groups excluding tert-OH is 2. The van der Waals surface area contributed by atoms with Crippen molar-refractivity contribution in [3.63, 3.8) is 0 Å². The molecule has 0 saturated carbocycles. The predicted octanol–water partition coefficient (Wildman–Crippen LogP) is 2.30. The largest absolute Gasteiger partial charge is 0.389 e. The molecule has 4 aliphatic carbocycles. The summed E-state index contributed by atoms with van der Waals surface area (Å²) >= 11 is 0. The van der Waals surface area contributed by atoms with E-state index >= 15 is 0 Å². The van der Waals surface area contributed by atoms with Crippen molar-refractivity contribution >= 4 is 0 Å². The molecule has 0 fully saturated rings. The van der Waals surface area contributed by atoms with E-state index in [1.54, 1.807) is 0 Å². The van der Waals surface area contributed by atoms with E-state index in [0.717, 1.165) is 25.7 Å². The summed E-state index contributed by atoms with van der Waals surface area (Å²) in [6, 6.07) is 0.0907. The smallest absolute Gasteiger partial charge is 0.0762 e. The van der Waals surface area contributed by atoms with E-state index in [1.807, 2.05) is 6.08 Å². The summed E-state index contributed by atoms with van der Waals surface area (Å²) in [5.41, 5.74) is 9.04. The fraction of sp³-hybridized carbons (Fsp3) is 0.684. The number of hydrogen-bond donors (Lipinski definition) is 3. The maximum atomic E-state index is 10.9. The van der Waals surface area contributed by atoms with Gasteiger partial charge in [-0.1, -0.05) is 43.7 Å². The van der Waals surface area contributed by atoms with Gasteiger partial charge in [0, 0.05) is 17.4 Å². The molecule has 0 aromatic heterocycles. The lowest BCUT2D eigenvalue weighted by Gasteiger charge is -2.53. The van der Waals surface area contributed by atoms with Crippen molar-refractivity contribution in [1.29, 1.82) is 0 Å². The number of rotatable bonds is 0. The van der Waals surface area contributed by atoms with Crippen LogP contribution in [0.5, 0.6) is 0 Å². The molecule has 120 valence electrons. The van der Waals surface area contributed by atoms with Crippen molar-refractivity contribution in [3.05, 3.63) is 35.5 Å². The second kappa shape index (κ2) is 4.56. The molecule has 0 aromatic carbocycles. The molecule has 0 heterocycles. The fourth-order valence-corrected chi connectivity index (χ4v) is 5.52. The van der Waals surface area contributed by atoms with Crippen LogP contribution in [0.2, 0.25) is 0 Å². The van der Waals surface area contributed by atoms with E-state index in [0.29, 0.717) is 5.92 Å². The highest BCUT2D eigenvalue weighted by atomic mass is 16.3. The second-order valence-corrected chi connectivity index (χ2v) is 8.22. The molecular formula is C19H27NO2. The summed E-state index contributed by atoms with van der Waals surface area (Å²) in [4.78, 5) is 0. The van der Waals surface area contributed by atoms with Crippen molar-refractivity contribution in [2.45, 2.75) is 57.8 Å². The van der Waals surface area contributed by atoms with E-state index in [4.69, 9.17) is 5.73 Å². The first-order valence-corrected chi connectivity index (χ1v) is 8.59. The first kappa shape index (κ1) is 14.7. The molecule has 0 bridgehead atoms. The number of allylic oxidation sites excluding steroid dienone is 3. The Kier molecular flexibility index (Phi) is 3.04. The molecule has 0 unspecified atom stereocenters. The van der Waals surface area contributed by atoms with Gasteiger partial charge in [0.25, 0.3) is 0 Å². The summed E-state index contributed by atoms with van der Waals surface area (Å²) in [6.07, 6.45) is 11.4. The molecule has 0 saturated heterocycles. The maximum absolute atomic E-state index is 10.9. The summed E-state index contributed by atoms with van der Waals surface area (Å²) in [7, 11) is 0. The van der Waals surface area contributed by atoms with Crippen LogP contribution in [0.4, 0.5) is 0 Å². The third-order valence-corrected chi connectivity index (χ3v) is 7.14. The normalized spacial score (nSPS) is 53.2. The molecular weight excluding hydrogens is 274 g/mol. The van der Waals surface area contributed by atoms with Gasteiger partial charge < -0.3 is 15.9 Å². The second-order valence-electron chi connectivity index (χ2n) is 8.22. The Morgan fingerprint density at radius 2 is 1.91 bits per heavy atom. The summed E-state index contributed by atoms with van der Waals surface area (Å²) < 4.78 is 0. The molecule has 4 aliphatic rings. The third-order valence-electron chi connectivity index (χ3n) is 7.14. The average Bonchev–Trinajstić information content (AvgIpc) is 2.77. The minimum absolute atomic E-state index is 0.00432. The highest BCUT2D eigenvalue weighted by Crippen LogP contribution is 2.60. The third kappa shape index (κ3) is 1.73. The van der Waals surface area contributed by atoms with E-state index in [-0.39, 0.29) is 35.0 Å². The SMILES string of the molecule is C[C@]12CCC3=C([C@@H](O)C[C@@H]4C[C@@H](O)C=C[C@]34C)[C@@H]1C=C[C@@H]2N. The van der Waals surface area contributed by atoms with Gasteiger partial charge in [-0.05, 0) is 42.6 Å². The van der Waals surface area contributed by atoms with Crippen molar-refractivity contribution in [1.82, 2.24) is 0 Å². The molecule has 0 radical (unpaired) electrons. The molecule has 0 spiro atoms. The van der Waals surface area contributed by atoms with E-state index in [9.17, 15) is 10.2 Å². The van der Waals surface area contributed by atoms with Gasteiger partial charge in [0.15, 0.2) is 0 Å². The lowest BCUT2D eigenvalue weighted by atomic mass is 9.52. The van der Waals surface area contributed by atoms with E-state index in [2.05, 4.69) is 32.1 Å². The first-order valence-electron chi connectivity index (χ1n) is 8.59. The Hall–Kier alpha value is -0.900. The van der Waals surface area contributed by atoms with Crippen molar-refractivity contribution in [2.24, 2.45) is 28.4 Å². The Balaban J connectivity index is 1.84. The zero-order valence-electron chi connectivity index (χ0n) is 13.5. The van der Waals surface area contributed by atoms with Crippen LogP contribution in [0.15, 0.2) is 35.5 Å². The van der Waals surface area contributed by atoms with Crippen LogP contribution in [0.3, 0.4) is 0 Å². The molecule has 3 heteroatoms. The maximum Gasteiger partial charge on any atom is 0.0762 e. The van der Waals surface area contributed by atoms with Gasteiger partial charge >= 0.3 is 0 Å². The summed E-state index contributed by atoms with van der Waals surface area (Å²) in [6.45, 7) is 4.57. The van der Waals surface area contributed by atoms with Crippen LogP contribution in [0.25, 0.3) is 0 Å². The molecule has 0 amide bonds. The standard InChI is InChI=1S/C19H27NO2/c1-18-7-5-12(21)9-11(18)10-15(22)17-13-3-4-16(20)19(13,2)8-6-14(17)18/h3-5,7,11-13,15-16,21-22H,6,8-10,20H2,1-2H3/t11-,12-,13-,15-,16-,18-,19-/m0/s1. The van der Waals surface area contributed by atoms with Gasteiger partial charge in [-0.3, -0.25) is 0 Å². The Morgan fingerprint density at radius 3 is 2.68 bits per heavy atom. The first-order chi connectivity index (χ1) is 10.4. The number of nitrogens with two attached hydrogens (primary N) is 1. The molecule has 4 rings (SSSR count). The Bertz CT molecular complexity index is 592. The average molecular weight is 301 g/mol. The van der Waals surface area contributed by atoms with Crippen LogP contribution in [0, 0.1) is 22.7 Å². The minimum atomic E-state index is -0.383. The predicted molar refractivity (Wildman–Crippen MR) is 87.0 cm³/mol. The molecule has 3 nitrogen and oxygen atoms in total. The van der Waals surface area contributed by atoms with Crippen molar-refractivity contribution in [3.8, 4) is 0 Å². The van der Waals surface area contributed by atoms with Crippen molar-refractivity contribution in [2.75, 3.05) is 0 Å². The highest BCUT2D eigenvalue weighted by Gasteiger charge is 2.54. The Morgan fingerprint density at radius 1 is 1.14 bits per heavy atom. The molecule has 0 aromatic rings. The van der Waals surface area contributed by atoms with Crippen LogP contribution in [0.1, 0.15) is 39.5 Å². The summed E-state index contributed by atoms with van der Waals surface area (Å²) in [5, 5.41) is 20.8. The molecule has 22 heavy (non-hydrogen) atoms. The lowest BCUT2D eigenvalue weighted by molar-refractivity contribution is 0.0495. The zero-order valence-corrected chi connectivity index (χ0v) is 13.5. The van der Waals surface area contributed by atoms with E-state index in [1.165, 1.54) is 11.1 Å². The number of fused-ring (bicyclic) bond motifs is 4. The van der Waals surface area contributed by atoms with Gasteiger partial charge in [-0.25, -0.2) is 0 Å². The van der Waals surface area contributed by atoms with Gasteiger partial charge in [0.2, 0.25) is 0 Å². The molecule has 0 aliphatic heterocycles. The number of aliphatic hydroxyl groups is 2. The quantitative estimate of drug-likeness (QED) is 0.602. The summed E-state index contributed by atoms with van der Waals surface area (Å²) in [5.74, 6) is 0.615. The van der Waals surface area contributed by atoms with Gasteiger partial charge in [0.1, 0.15) is 0 Å². The highest BCUT2D eigenvalue weighted by molar-refractivity contribution is 5.43. The Labute approximate surface area is 132 Å². The fourth-order valence-electron chi connectivity index (χ4n) is 5.52. The number of hydrogen-bond acceptors (Lipinski definition) is 3. The van der Waals surface area contributed by atoms with E-state index < -0.39 is 0 Å². The zero-order chi connectivity index (χ0) is 15.7. The molecule has 4 N–H and O–H groups in total. The van der Waals surface area contributed by atoms with Crippen molar-refractivity contribution < 1.29 is 10.2 Å². The topological polar surface area (TPSA) is 66.5 Å². The molecule has 7 atom stereocenters. The van der Waals surface area contributed by atoms with Crippen LogP contribution in [-0.2, 0) is 0 Å². The minimum Gasteiger partial charge on any atom is -0.389 e. The van der Waals surface area contributed by atoms with Gasteiger partial charge in [0.05, 0.1) is 12.2 Å². The van der Waals surface area contributed by atoms with Gasteiger partial charge in [-0.15, -0.1) is 0 Å². The van der Waals surface area contributed by atoms with Gasteiger partial charge in [-0.2, -0.15) is 0 Å². The van der Waals surface area contributed by atoms with Crippen LogP contribution >= 0.6 is 0 Å².